The van der Waals surface area contributed by atoms with Crippen LogP contribution in [0.4, 0.5) is 0 Å². The Labute approximate surface area is 330 Å². The van der Waals surface area contributed by atoms with Gasteiger partial charge >= 0.3 is 21.1 Å². The van der Waals surface area contributed by atoms with Crippen LogP contribution in [-0.4, -0.2) is 27.6 Å². The molecule has 0 spiro atoms. The van der Waals surface area contributed by atoms with Crippen LogP contribution in [0.3, 0.4) is 0 Å². The fraction of sp³-hybridized carbons (Fsp3) is 0.362. The first-order valence-corrected chi connectivity index (χ1v) is 18.5. The maximum Gasteiger partial charge on any atom is 2.00 e. The predicted molar refractivity (Wildman–Crippen MR) is 216 cm³/mol. The summed E-state index contributed by atoms with van der Waals surface area (Å²) in [6, 6.07) is 31.1. The molecule has 5 nitrogen and oxygen atoms in total. The Morgan fingerprint density at radius 3 is 2.11 bits per heavy atom. The molecule has 0 fully saturated rings. The van der Waals surface area contributed by atoms with Gasteiger partial charge in [-0.15, -0.1) is 23.6 Å². The van der Waals surface area contributed by atoms with Crippen LogP contribution >= 0.6 is 0 Å². The maximum absolute atomic E-state index is 6.74. The van der Waals surface area contributed by atoms with E-state index in [9.17, 15) is 0 Å². The van der Waals surface area contributed by atoms with E-state index < -0.39 is 0 Å². The Kier molecular flexibility index (Phi) is 10.1. The number of hydrogen-bond acceptors (Lipinski definition) is 4. The number of aliphatic imine (C=N–C) groups is 1. The van der Waals surface area contributed by atoms with E-state index in [0.717, 1.165) is 33.4 Å². The molecule has 0 saturated heterocycles. The molecule has 2 aromatic heterocycles. The normalized spacial score (nSPS) is 16.2. The first-order chi connectivity index (χ1) is 24.4. The van der Waals surface area contributed by atoms with Crippen LogP contribution in [0.5, 0.6) is 11.5 Å². The number of ether oxygens (including phenoxy) is 2. The van der Waals surface area contributed by atoms with E-state index >= 15 is 0 Å². The minimum absolute atomic E-state index is 0. The maximum atomic E-state index is 6.74. The largest absolute Gasteiger partial charge is 2.00 e. The van der Waals surface area contributed by atoms with Crippen molar-refractivity contribution in [3.8, 4) is 28.4 Å². The Morgan fingerprint density at radius 2 is 1.47 bits per heavy atom. The van der Waals surface area contributed by atoms with Crippen LogP contribution < -0.4 is 4.74 Å². The molecule has 3 heterocycles. The summed E-state index contributed by atoms with van der Waals surface area (Å²) < 4.78 is 15.2. The van der Waals surface area contributed by atoms with Crippen molar-refractivity contribution in [1.29, 1.82) is 0 Å². The third-order valence-electron chi connectivity index (χ3n) is 10.7. The SMILES string of the molecule is Cc1cc(C)c(-c2cc(Oc3[c-]c4c(cc3)c3cc(C(C)(C)C)ccc3n4-c3cc(C(C)(C)C)ccn3)[c-]c(C3=N[C@](C)(C(C)C)CO3)c2)c(C)c1.[Pt+2]. The number of hydrogen-bond donors (Lipinski definition) is 0. The van der Waals surface area contributed by atoms with Crippen LogP contribution in [0.2, 0.25) is 0 Å². The van der Waals surface area contributed by atoms with Crippen molar-refractivity contribution in [3.05, 3.63) is 118 Å². The third-order valence-corrected chi connectivity index (χ3v) is 10.7. The number of benzene rings is 4. The quantitative estimate of drug-likeness (QED) is 0.157. The van der Waals surface area contributed by atoms with Gasteiger partial charge in [0.15, 0.2) is 0 Å². The van der Waals surface area contributed by atoms with Gasteiger partial charge in [0.05, 0.1) is 5.54 Å². The number of nitrogens with zero attached hydrogens (tertiary/aromatic N) is 3. The molecule has 276 valence electrons. The molecule has 6 heteroatoms. The molecular weight excluding hydrogens is 834 g/mol. The first kappa shape index (κ1) is 38.5. The topological polar surface area (TPSA) is 48.6 Å². The van der Waals surface area contributed by atoms with Crippen LogP contribution in [0.15, 0.2) is 77.9 Å². The van der Waals surface area contributed by atoms with Gasteiger partial charge in [-0.05, 0) is 95.8 Å². The summed E-state index contributed by atoms with van der Waals surface area (Å²) in [6.07, 6.45) is 1.91. The summed E-state index contributed by atoms with van der Waals surface area (Å²) in [5.74, 6) is 2.96. The van der Waals surface area contributed by atoms with Crippen molar-refractivity contribution in [3.63, 3.8) is 0 Å². The van der Waals surface area contributed by atoms with E-state index in [2.05, 4.69) is 160 Å². The fourth-order valence-electron chi connectivity index (χ4n) is 7.25. The van der Waals surface area contributed by atoms with Crippen LogP contribution in [0.1, 0.15) is 95.7 Å². The van der Waals surface area contributed by atoms with E-state index in [1.165, 1.54) is 38.8 Å². The molecule has 0 N–H and O–H groups in total. The molecule has 0 saturated carbocycles. The fourth-order valence-corrected chi connectivity index (χ4v) is 7.25. The number of rotatable bonds is 6. The van der Waals surface area contributed by atoms with E-state index in [4.69, 9.17) is 19.5 Å². The van der Waals surface area contributed by atoms with Gasteiger partial charge in [-0.1, -0.05) is 114 Å². The molecule has 6 aromatic rings. The van der Waals surface area contributed by atoms with Gasteiger partial charge in [0, 0.05) is 23.2 Å². The van der Waals surface area contributed by atoms with Crippen LogP contribution in [0, 0.1) is 38.8 Å². The molecule has 53 heavy (non-hydrogen) atoms. The molecule has 0 radical (unpaired) electrons. The summed E-state index contributed by atoms with van der Waals surface area (Å²) in [5, 5.41) is 2.27. The summed E-state index contributed by atoms with van der Waals surface area (Å²) in [7, 11) is 0. The second kappa shape index (κ2) is 13.9. The van der Waals surface area contributed by atoms with Crippen molar-refractivity contribution >= 4 is 27.7 Å². The molecule has 0 amide bonds. The second-order valence-electron chi connectivity index (χ2n) is 17.3. The Bertz CT molecular complexity index is 2370. The first-order valence-electron chi connectivity index (χ1n) is 18.5. The molecule has 1 atom stereocenters. The van der Waals surface area contributed by atoms with E-state index in [0.29, 0.717) is 29.9 Å². The monoisotopic (exact) mass is 884 g/mol. The molecular formula is C47H51N3O2Pt. The smallest absolute Gasteiger partial charge is 0.518 e. The van der Waals surface area contributed by atoms with Crippen molar-refractivity contribution in [2.75, 3.05) is 6.61 Å². The summed E-state index contributed by atoms with van der Waals surface area (Å²) in [4.78, 5) is 9.98. The predicted octanol–water partition coefficient (Wildman–Crippen LogP) is 11.9. The van der Waals surface area contributed by atoms with Gasteiger partial charge in [-0.25, -0.2) is 4.98 Å². The number of aromatic nitrogens is 2. The number of aryl methyl sites for hydroxylation is 3. The minimum Gasteiger partial charge on any atom is -0.518 e. The van der Waals surface area contributed by atoms with Gasteiger partial charge in [0.1, 0.15) is 18.3 Å². The summed E-state index contributed by atoms with van der Waals surface area (Å²) in [5.41, 5.74) is 10.8. The van der Waals surface area contributed by atoms with Crippen molar-refractivity contribution in [2.24, 2.45) is 10.9 Å². The van der Waals surface area contributed by atoms with E-state index in [1.54, 1.807) is 0 Å². The number of fused-ring (bicyclic) bond motifs is 3. The number of pyridine rings is 1. The molecule has 1 aliphatic rings. The average Bonchev–Trinajstić information content (AvgIpc) is 3.62. The Balaban J connectivity index is 0.00000481. The van der Waals surface area contributed by atoms with Gasteiger partial charge in [0.25, 0.3) is 0 Å². The van der Waals surface area contributed by atoms with Gasteiger partial charge in [-0.3, -0.25) is 4.99 Å². The third kappa shape index (κ3) is 7.35. The van der Waals surface area contributed by atoms with Crippen molar-refractivity contribution < 1.29 is 30.5 Å². The molecule has 0 aliphatic carbocycles. The Hall–Kier alpha value is -4.21. The van der Waals surface area contributed by atoms with E-state index in [-0.39, 0.29) is 37.4 Å². The second-order valence-corrected chi connectivity index (χ2v) is 17.3. The minimum atomic E-state index is -0.298. The standard InChI is InChI=1S/C47H51N3O2.Pt/c1-28(2)47(12)27-51-44(49-47)33-21-32(43-30(4)19-29(3)20-31(43)5)22-37(23-33)52-36-14-15-38-39-24-34(45(6,7)8)13-16-40(39)50(41(38)26-36)42-25-35(17-18-48-42)46(9,10)11;/h13-22,24-25,28H,27H2,1-12H3;/q-2;+2/t47-;/m0./s1. The van der Waals surface area contributed by atoms with Crippen molar-refractivity contribution in [1.82, 2.24) is 9.55 Å². The molecule has 7 rings (SSSR count). The van der Waals surface area contributed by atoms with E-state index in [1.807, 2.05) is 12.3 Å². The zero-order valence-corrected chi connectivity index (χ0v) is 35.5. The van der Waals surface area contributed by atoms with Crippen molar-refractivity contribution in [2.45, 2.75) is 99.5 Å². The summed E-state index contributed by atoms with van der Waals surface area (Å²) in [6.45, 7) is 27.0. The summed E-state index contributed by atoms with van der Waals surface area (Å²) >= 11 is 0. The average molecular weight is 885 g/mol. The van der Waals surface area contributed by atoms with Crippen LogP contribution in [-0.2, 0) is 36.6 Å². The molecule has 0 bridgehead atoms. The molecule has 1 aliphatic heterocycles. The zero-order chi connectivity index (χ0) is 37.3. The van der Waals surface area contributed by atoms with Gasteiger partial charge in [0.2, 0.25) is 0 Å². The Morgan fingerprint density at radius 1 is 0.792 bits per heavy atom. The van der Waals surface area contributed by atoms with Gasteiger partial charge in [-0.2, -0.15) is 6.07 Å². The van der Waals surface area contributed by atoms with Crippen LogP contribution in [0.25, 0.3) is 38.8 Å². The molecule has 0 unspecified atom stereocenters. The molecule has 4 aromatic carbocycles. The zero-order valence-electron chi connectivity index (χ0n) is 33.2. The van der Waals surface area contributed by atoms with Gasteiger partial charge < -0.3 is 14.0 Å².